The molecule has 0 aliphatic rings. The van der Waals surface area contributed by atoms with Gasteiger partial charge in [-0.1, -0.05) is 13.8 Å². The number of hydrogen-bond donors (Lipinski definition) is 1. The van der Waals surface area contributed by atoms with E-state index < -0.39 is 23.7 Å². The Balaban J connectivity index is 2.78. The maximum atomic E-state index is 13.0. The number of halogens is 1. The van der Waals surface area contributed by atoms with E-state index in [2.05, 4.69) is 15.0 Å². The van der Waals surface area contributed by atoms with Gasteiger partial charge in [0.1, 0.15) is 11.9 Å². The van der Waals surface area contributed by atoms with Gasteiger partial charge in [-0.3, -0.25) is 9.78 Å². The number of rotatable bonds is 5. The van der Waals surface area contributed by atoms with Crippen molar-refractivity contribution in [2.75, 3.05) is 7.11 Å². The van der Waals surface area contributed by atoms with E-state index in [9.17, 15) is 14.0 Å². The van der Waals surface area contributed by atoms with E-state index in [0.717, 1.165) is 12.3 Å². The van der Waals surface area contributed by atoms with E-state index >= 15 is 0 Å². The Bertz CT molecular complexity index is 463. The number of aromatic nitrogens is 1. The molecule has 0 aromatic carbocycles. The number of nitrogens with one attached hydrogen (secondary N) is 1. The number of carbonyl (C=O) groups is 2. The second kappa shape index (κ2) is 6.82. The van der Waals surface area contributed by atoms with Gasteiger partial charge in [0.05, 0.1) is 18.9 Å². The van der Waals surface area contributed by atoms with Gasteiger partial charge in [-0.25, -0.2) is 9.18 Å². The van der Waals surface area contributed by atoms with E-state index in [4.69, 9.17) is 0 Å². The third-order valence-electron chi connectivity index (χ3n) is 2.47. The Morgan fingerprint density at radius 1 is 1.42 bits per heavy atom. The van der Waals surface area contributed by atoms with Crippen LogP contribution < -0.4 is 5.32 Å². The molecule has 1 amide bonds. The molecule has 104 valence electrons. The summed E-state index contributed by atoms with van der Waals surface area (Å²) in [5.74, 6) is -1.48. The number of esters is 1. The number of carbonyl (C=O) groups excluding carboxylic acids is 2. The van der Waals surface area contributed by atoms with Crippen molar-refractivity contribution in [3.05, 3.63) is 29.8 Å². The molecular weight excluding hydrogens is 251 g/mol. The lowest BCUT2D eigenvalue weighted by Gasteiger charge is -2.18. The van der Waals surface area contributed by atoms with Crippen LogP contribution in [0, 0.1) is 11.7 Å². The normalized spacial score (nSPS) is 12.1. The number of hydrogen-bond acceptors (Lipinski definition) is 4. The minimum Gasteiger partial charge on any atom is -0.467 e. The molecule has 1 rings (SSSR count). The van der Waals surface area contributed by atoms with Gasteiger partial charge in [0.25, 0.3) is 5.91 Å². The SMILES string of the molecule is COC(=O)[C@H](CC(C)C)NC(=O)c1cncc(F)c1. The first-order chi connectivity index (χ1) is 8.93. The first kappa shape index (κ1) is 15.1. The third-order valence-corrected chi connectivity index (χ3v) is 2.47. The lowest BCUT2D eigenvalue weighted by Crippen LogP contribution is -2.42. The van der Waals surface area contributed by atoms with Gasteiger partial charge in [0.15, 0.2) is 0 Å². The van der Waals surface area contributed by atoms with Crippen molar-refractivity contribution in [3.8, 4) is 0 Å². The fraction of sp³-hybridized carbons (Fsp3) is 0.462. The molecule has 1 heterocycles. The predicted molar refractivity (Wildman–Crippen MR) is 66.9 cm³/mol. The number of amides is 1. The Hall–Kier alpha value is -1.98. The lowest BCUT2D eigenvalue weighted by atomic mass is 10.0. The lowest BCUT2D eigenvalue weighted by molar-refractivity contribution is -0.143. The summed E-state index contributed by atoms with van der Waals surface area (Å²) in [6.45, 7) is 3.84. The van der Waals surface area contributed by atoms with Crippen molar-refractivity contribution in [2.24, 2.45) is 5.92 Å². The molecule has 19 heavy (non-hydrogen) atoms. The number of ether oxygens (including phenoxy) is 1. The molecule has 0 aliphatic heterocycles. The zero-order chi connectivity index (χ0) is 14.4. The quantitative estimate of drug-likeness (QED) is 0.822. The van der Waals surface area contributed by atoms with Crippen LogP contribution in [-0.2, 0) is 9.53 Å². The van der Waals surface area contributed by atoms with Gasteiger partial charge >= 0.3 is 5.97 Å². The molecule has 0 spiro atoms. The van der Waals surface area contributed by atoms with Crippen molar-refractivity contribution in [1.82, 2.24) is 10.3 Å². The Morgan fingerprint density at radius 3 is 2.63 bits per heavy atom. The van der Waals surface area contributed by atoms with Crippen LogP contribution in [0.1, 0.15) is 30.6 Å². The largest absolute Gasteiger partial charge is 0.467 e. The molecule has 0 aliphatic carbocycles. The Morgan fingerprint density at radius 2 is 2.11 bits per heavy atom. The highest BCUT2D eigenvalue weighted by molar-refractivity contribution is 5.96. The fourth-order valence-corrected chi connectivity index (χ4v) is 1.61. The van der Waals surface area contributed by atoms with Crippen molar-refractivity contribution >= 4 is 11.9 Å². The van der Waals surface area contributed by atoms with E-state index in [-0.39, 0.29) is 11.5 Å². The van der Waals surface area contributed by atoms with E-state index in [1.165, 1.54) is 13.3 Å². The third kappa shape index (κ3) is 4.65. The average molecular weight is 268 g/mol. The summed E-state index contributed by atoms with van der Waals surface area (Å²) in [5.41, 5.74) is 0.0673. The fourth-order valence-electron chi connectivity index (χ4n) is 1.61. The van der Waals surface area contributed by atoms with Crippen LogP contribution in [-0.4, -0.2) is 30.0 Å². The van der Waals surface area contributed by atoms with Crippen LogP contribution >= 0.6 is 0 Å². The maximum absolute atomic E-state index is 13.0. The zero-order valence-electron chi connectivity index (χ0n) is 11.1. The maximum Gasteiger partial charge on any atom is 0.328 e. The Labute approximate surface area is 111 Å². The van der Waals surface area contributed by atoms with E-state index in [1.807, 2.05) is 13.8 Å². The van der Waals surface area contributed by atoms with Crippen LogP contribution in [0.15, 0.2) is 18.5 Å². The minimum atomic E-state index is -0.749. The van der Waals surface area contributed by atoms with Gasteiger partial charge in [-0.05, 0) is 18.4 Å². The second-order valence-corrected chi connectivity index (χ2v) is 4.57. The molecule has 1 aromatic rings. The molecule has 1 N–H and O–H groups in total. The smallest absolute Gasteiger partial charge is 0.328 e. The summed E-state index contributed by atoms with van der Waals surface area (Å²) in [6.07, 6.45) is 2.69. The molecule has 0 unspecified atom stereocenters. The minimum absolute atomic E-state index is 0.0673. The number of nitrogens with zero attached hydrogens (tertiary/aromatic N) is 1. The molecule has 1 aromatic heterocycles. The van der Waals surface area contributed by atoms with Gasteiger partial charge in [-0.15, -0.1) is 0 Å². The highest BCUT2D eigenvalue weighted by Gasteiger charge is 2.23. The van der Waals surface area contributed by atoms with E-state index in [0.29, 0.717) is 6.42 Å². The summed E-state index contributed by atoms with van der Waals surface area (Å²) in [7, 11) is 1.26. The monoisotopic (exact) mass is 268 g/mol. The summed E-state index contributed by atoms with van der Waals surface area (Å²) in [6, 6.07) is 0.312. The van der Waals surface area contributed by atoms with Crippen LogP contribution in [0.3, 0.4) is 0 Å². The second-order valence-electron chi connectivity index (χ2n) is 4.57. The van der Waals surface area contributed by atoms with Crippen molar-refractivity contribution in [2.45, 2.75) is 26.3 Å². The molecule has 6 heteroatoms. The molecule has 1 atom stereocenters. The highest BCUT2D eigenvalue weighted by Crippen LogP contribution is 2.08. The summed E-state index contributed by atoms with van der Waals surface area (Å²) < 4.78 is 17.6. The van der Waals surface area contributed by atoms with E-state index in [1.54, 1.807) is 0 Å². The summed E-state index contributed by atoms with van der Waals surface area (Å²) in [4.78, 5) is 27.0. The van der Waals surface area contributed by atoms with Gasteiger partial charge in [0, 0.05) is 6.20 Å². The van der Waals surface area contributed by atoms with Crippen LogP contribution in [0.4, 0.5) is 4.39 Å². The van der Waals surface area contributed by atoms with Crippen LogP contribution in [0.5, 0.6) is 0 Å². The molecule has 0 fully saturated rings. The molecule has 0 radical (unpaired) electrons. The van der Waals surface area contributed by atoms with Gasteiger partial charge in [-0.2, -0.15) is 0 Å². The zero-order valence-corrected chi connectivity index (χ0v) is 11.1. The summed E-state index contributed by atoms with van der Waals surface area (Å²) >= 11 is 0. The predicted octanol–water partition coefficient (Wildman–Crippen LogP) is 1.54. The Kier molecular flexibility index (Phi) is 5.41. The van der Waals surface area contributed by atoms with Gasteiger partial charge < -0.3 is 10.1 Å². The van der Waals surface area contributed by atoms with Crippen LogP contribution in [0.2, 0.25) is 0 Å². The first-order valence-corrected chi connectivity index (χ1v) is 5.93. The molecular formula is C13H17FN2O3. The summed E-state index contributed by atoms with van der Waals surface area (Å²) in [5, 5.41) is 2.52. The molecule has 0 bridgehead atoms. The average Bonchev–Trinajstić information content (AvgIpc) is 2.36. The van der Waals surface area contributed by atoms with Crippen molar-refractivity contribution in [3.63, 3.8) is 0 Å². The van der Waals surface area contributed by atoms with Crippen molar-refractivity contribution in [1.29, 1.82) is 0 Å². The van der Waals surface area contributed by atoms with Crippen molar-refractivity contribution < 1.29 is 18.7 Å². The molecule has 0 saturated carbocycles. The van der Waals surface area contributed by atoms with Crippen LogP contribution in [0.25, 0.3) is 0 Å². The number of methoxy groups -OCH3 is 1. The molecule has 0 saturated heterocycles. The first-order valence-electron chi connectivity index (χ1n) is 5.93. The van der Waals surface area contributed by atoms with Gasteiger partial charge in [0.2, 0.25) is 0 Å². The highest BCUT2D eigenvalue weighted by atomic mass is 19.1. The standard InChI is InChI=1S/C13H17FN2O3/c1-8(2)4-11(13(18)19-3)16-12(17)9-5-10(14)7-15-6-9/h5-8,11H,4H2,1-3H3,(H,16,17)/t11-/m0/s1. The topological polar surface area (TPSA) is 68.3 Å². The molecule has 5 nitrogen and oxygen atoms in total. The number of pyridine rings is 1.